The van der Waals surface area contributed by atoms with Crippen LogP contribution in [0, 0.1) is 6.92 Å². The molecule has 3 aromatic rings. The minimum atomic E-state index is -0.252. The molecule has 1 aromatic carbocycles. The van der Waals surface area contributed by atoms with E-state index in [1.165, 1.54) is 0 Å². The predicted octanol–water partition coefficient (Wildman–Crippen LogP) is 2.86. The maximum absolute atomic E-state index is 13.4. The molecule has 1 aliphatic rings. The van der Waals surface area contributed by atoms with Crippen molar-refractivity contribution < 1.29 is 14.1 Å². The van der Waals surface area contributed by atoms with Crippen molar-refractivity contribution in [1.82, 2.24) is 30.4 Å². The van der Waals surface area contributed by atoms with Crippen molar-refractivity contribution in [3.8, 4) is 11.3 Å². The molecule has 1 N–H and O–H groups in total. The summed E-state index contributed by atoms with van der Waals surface area (Å²) in [6, 6.07) is 9.52. The molecule has 1 atom stereocenters. The lowest BCUT2D eigenvalue weighted by Crippen LogP contribution is -2.41. The third-order valence-corrected chi connectivity index (χ3v) is 5.34. The predicted molar refractivity (Wildman–Crippen MR) is 113 cm³/mol. The van der Waals surface area contributed by atoms with E-state index in [2.05, 4.69) is 20.8 Å². The minimum absolute atomic E-state index is 0.0195. The van der Waals surface area contributed by atoms with Gasteiger partial charge in [-0.1, -0.05) is 40.7 Å². The highest BCUT2D eigenvalue weighted by Gasteiger charge is 2.31. The fourth-order valence-corrected chi connectivity index (χ4v) is 3.83. The number of aryl methyl sites for hydroxylation is 1. The second kappa shape index (κ2) is 8.71. The van der Waals surface area contributed by atoms with Crippen molar-refractivity contribution in [3.05, 3.63) is 53.5 Å². The smallest absolute Gasteiger partial charge is 0.273 e. The summed E-state index contributed by atoms with van der Waals surface area (Å²) in [7, 11) is 0. The Kier molecular flexibility index (Phi) is 5.83. The molecule has 0 bridgehead atoms. The first-order valence-corrected chi connectivity index (χ1v) is 10.5. The summed E-state index contributed by atoms with van der Waals surface area (Å²) in [5.74, 6) is 0.136. The van der Waals surface area contributed by atoms with Crippen LogP contribution in [0.4, 0.5) is 0 Å². The zero-order valence-corrected chi connectivity index (χ0v) is 17.9. The number of likely N-dealkylation sites (tertiary alicyclic amines) is 1. The molecule has 3 heterocycles. The van der Waals surface area contributed by atoms with E-state index in [0.29, 0.717) is 30.1 Å². The molecular weight excluding hydrogens is 396 g/mol. The highest BCUT2D eigenvalue weighted by Crippen LogP contribution is 2.29. The normalized spacial score (nSPS) is 16.5. The van der Waals surface area contributed by atoms with Gasteiger partial charge in [-0.15, -0.1) is 5.10 Å². The Hall–Kier alpha value is -3.49. The summed E-state index contributed by atoms with van der Waals surface area (Å²) in [5.41, 5.74) is 2.16. The molecule has 2 aromatic heterocycles. The largest absolute Gasteiger partial charge is 0.360 e. The van der Waals surface area contributed by atoms with E-state index in [1.807, 2.05) is 44.2 Å². The van der Waals surface area contributed by atoms with E-state index in [-0.39, 0.29) is 29.6 Å². The molecule has 162 valence electrons. The van der Waals surface area contributed by atoms with Gasteiger partial charge in [0.2, 0.25) is 0 Å². The number of carbonyl (C=O) groups is 2. The number of nitrogens with zero attached hydrogens (tertiary/aromatic N) is 5. The molecular formula is C22H26N6O3. The molecule has 1 fully saturated rings. The number of hydrogen-bond acceptors (Lipinski definition) is 6. The average molecular weight is 422 g/mol. The fourth-order valence-electron chi connectivity index (χ4n) is 3.83. The molecule has 1 aliphatic heterocycles. The maximum Gasteiger partial charge on any atom is 0.273 e. The lowest BCUT2D eigenvalue weighted by molar-refractivity contribution is 0.0670. The molecule has 31 heavy (non-hydrogen) atoms. The average Bonchev–Trinajstić information content (AvgIpc) is 3.41. The molecule has 4 rings (SSSR count). The van der Waals surface area contributed by atoms with Crippen LogP contribution in [0.15, 0.2) is 41.1 Å². The summed E-state index contributed by atoms with van der Waals surface area (Å²) in [6.07, 6.45) is 3.33. The van der Waals surface area contributed by atoms with Gasteiger partial charge in [0.25, 0.3) is 11.8 Å². The standard InChI is InChI=1S/C22H26N6O3/c1-14(2)23-21(29)18-13-28(26-24-18)17-10-7-11-27(12-17)22(30)19-15(3)31-25-20(19)16-8-5-4-6-9-16/h4-6,8-9,13-14,17H,7,10-12H2,1-3H3,(H,23,29). The van der Waals surface area contributed by atoms with Crippen LogP contribution in [0.3, 0.4) is 0 Å². The van der Waals surface area contributed by atoms with Crippen LogP contribution in [-0.2, 0) is 0 Å². The van der Waals surface area contributed by atoms with Crippen LogP contribution in [0.5, 0.6) is 0 Å². The first-order chi connectivity index (χ1) is 14.9. The maximum atomic E-state index is 13.4. The first-order valence-electron chi connectivity index (χ1n) is 10.5. The van der Waals surface area contributed by atoms with Gasteiger partial charge >= 0.3 is 0 Å². The van der Waals surface area contributed by atoms with Gasteiger partial charge in [-0.3, -0.25) is 9.59 Å². The van der Waals surface area contributed by atoms with E-state index >= 15 is 0 Å². The summed E-state index contributed by atoms with van der Waals surface area (Å²) < 4.78 is 7.05. The SMILES string of the molecule is Cc1onc(-c2ccccc2)c1C(=O)N1CCCC(n2cc(C(=O)NC(C)C)nn2)C1. The van der Waals surface area contributed by atoms with Crippen LogP contribution >= 0.6 is 0 Å². The number of piperidine rings is 1. The van der Waals surface area contributed by atoms with Gasteiger partial charge < -0.3 is 14.7 Å². The number of aromatic nitrogens is 4. The number of benzene rings is 1. The first kappa shape index (κ1) is 20.8. The Morgan fingerprint density at radius 2 is 2.00 bits per heavy atom. The van der Waals surface area contributed by atoms with Gasteiger partial charge in [0.15, 0.2) is 5.69 Å². The van der Waals surface area contributed by atoms with Crippen LogP contribution in [0.1, 0.15) is 59.3 Å². The third-order valence-electron chi connectivity index (χ3n) is 5.34. The van der Waals surface area contributed by atoms with Gasteiger partial charge in [0.05, 0.1) is 12.2 Å². The number of hydrogen-bond donors (Lipinski definition) is 1. The van der Waals surface area contributed by atoms with Crippen molar-refractivity contribution in [2.45, 2.75) is 45.7 Å². The summed E-state index contributed by atoms with van der Waals surface area (Å²) in [6.45, 7) is 6.66. The lowest BCUT2D eigenvalue weighted by atomic mass is 10.0. The van der Waals surface area contributed by atoms with Gasteiger partial charge in [-0.2, -0.15) is 0 Å². The Bertz CT molecular complexity index is 1070. The Morgan fingerprint density at radius 1 is 1.23 bits per heavy atom. The quantitative estimate of drug-likeness (QED) is 0.678. The van der Waals surface area contributed by atoms with Gasteiger partial charge in [0.1, 0.15) is 17.0 Å². The molecule has 0 spiro atoms. The molecule has 0 radical (unpaired) electrons. The van der Waals surface area contributed by atoms with Crippen LogP contribution in [0.25, 0.3) is 11.3 Å². The van der Waals surface area contributed by atoms with Crippen LogP contribution in [-0.4, -0.2) is 56.0 Å². The van der Waals surface area contributed by atoms with Gasteiger partial charge in [0, 0.05) is 24.7 Å². The highest BCUT2D eigenvalue weighted by molar-refractivity contribution is 6.00. The van der Waals surface area contributed by atoms with E-state index in [1.54, 1.807) is 22.7 Å². The highest BCUT2D eigenvalue weighted by atomic mass is 16.5. The molecule has 1 unspecified atom stereocenters. The second-order valence-corrected chi connectivity index (χ2v) is 8.09. The number of rotatable bonds is 5. The summed E-state index contributed by atoms with van der Waals surface area (Å²) in [5, 5.41) is 15.1. The lowest BCUT2D eigenvalue weighted by Gasteiger charge is -2.32. The van der Waals surface area contributed by atoms with Crippen molar-refractivity contribution in [3.63, 3.8) is 0 Å². The second-order valence-electron chi connectivity index (χ2n) is 8.09. The zero-order valence-electron chi connectivity index (χ0n) is 17.9. The van der Waals surface area contributed by atoms with Gasteiger partial charge in [-0.05, 0) is 33.6 Å². The Morgan fingerprint density at radius 3 is 2.74 bits per heavy atom. The molecule has 9 nitrogen and oxygen atoms in total. The molecule has 2 amide bonds. The zero-order chi connectivity index (χ0) is 22.0. The summed E-state index contributed by atoms with van der Waals surface area (Å²) >= 11 is 0. The van der Waals surface area contributed by atoms with E-state index in [4.69, 9.17) is 4.52 Å². The Labute approximate surface area is 180 Å². The monoisotopic (exact) mass is 422 g/mol. The molecule has 1 saturated heterocycles. The molecule has 0 saturated carbocycles. The van der Waals surface area contributed by atoms with Crippen molar-refractivity contribution in [2.75, 3.05) is 13.1 Å². The number of carbonyl (C=O) groups excluding carboxylic acids is 2. The van der Waals surface area contributed by atoms with Crippen molar-refractivity contribution >= 4 is 11.8 Å². The topological polar surface area (TPSA) is 106 Å². The van der Waals surface area contributed by atoms with Crippen LogP contribution in [0.2, 0.25) is 0 Å². The van der Waals surface area contributed by atoms with Gasteiger partial charge in [-0.25, -0.2) is 4.68 Å². The third kappa shape index (κ3) is 4.35. The van der Waals surface area contributed by atoms with E-state index in [9.17, 15) is 9.59 Å². The number of amides is 2. The van der Waals surface area contributed by atoms with E-state index < -0.39 is 0 Å². The Balaban J connectivity index is 1.53. The fraction of sp³-hybridized carbons (Fsp3) is 0.409. The van der Waals surface area contributed by atoms with Crippen molar-refractivity contribution in [2.24, 2.45) is 0 Å². The molecule has 9 heteroatoms. The summed E-state index contributed by atoms with van der Waals surface area (Å²) in [4.78, 5) is 27.4. The molecule has 0 aliphatic carbocycles. The number of nitrogens with one attached hydrogen (secondary N) is 1. The minimum Gasteiger partial charge on any atom is -0.360 e. The van der Waals surface area contributed by atoms with Crippen molar-refractivity contribution in [1.29, 1.82) is 0 Å². The van der Waals surface area contributed by atoms with E-state index in [0.717, 1.165) is 18.4 Å². The van der Waals surface area contributed by atoms with Crippen LogP contribution < -0.4 is 5.32 Å².